The second-order valence-electron chi connectivity index (χ2n) is 7.62. The van der Waals surface area contributed by atoms with Crippen LogP contribution in [0.2, 0.25) is 0 Å². The first kappa shape index (κ1) is 24.7. The number of nitrogens with one attached hydrogen (secondary N) is 2. The summed E-state index contributed by atoms with van der Waals surface area (Å²) >= 11 is 0. The molecule has 3 rings (SSSR count). The van der Waals surface area contributed by atoms with Crippen LogP contribution in [0.4, 0.5) is 17.6 Å². The van der Waals surface area contributed by atoms with Crippen LogP contribution in [-0.2, 0) is 11.3 Å². The molecule has 1 aromatic rings. The number of hydrogen-bond acceptors (Lipinski definition) is 2. The lowest BCUT2D eigenvalue weighted by Crippen LogP contribution is -2.45. The SMILES string of the molecule is CN=C(NCc1c(F)c(F)cc(F)c1F)NC1CCN(C(=O)C2CCCCC2)C1.I. The van der Waals surface area contributed by atoms with Gasteiger partial charge in [0, 0.05) is 50.3 Å². The molecule has 0 aromatic heterocycles. The number of aliphatic imine (C=N–C) groups is 1. The zero-order chi connectivity index (χ0) is 21.0. The number of hydrogen-bond donors (Lipinski definition) is 2. The summed E-state index contributed by atoms with van der Waals surface area (Å²) in [5, 5.41) is 5.78. The summed E-state index contributed by atoms with van der Waals surface area (Å²) in [6.07, 6.45) is 5.98. The van der Waals surface area contributed by atoms with Crippen LogP contribution < -0.4 is 10.6 Å². The van der Waals surface area contributed by atoms with Crippen molar-refractivity contribution in [2.75, 3.05) is 20.1 Å². The molecular formula is C20H27F4IN4O. The molecule has 1 amide bonds. The highest BCUT2D eigenvalue weighted by Crippen LogP contribution is 2.27. The normalized spacial score (nSPS) is 20.1. The fourth-order valence-corrected chi connectivity index (χ4v) is 4.02. The smallest absolute Gasteiger partial charge is 0.225 e. The molecule has 30 heavy (non-hydrogen) atoms. The van der Waals surface area contributed by atoms with Gasteiger partial charge in [-0.25, -0.2) is 17.6 Å². The van der Waals surface area contributed by atoms with Gasteiger partial charge in [0.2, 0.25) is 5.91 Å². The molecule has 1 aromatic carbocycles. The molecule has 1 aliphatic carbocycles. The maximum Gasteiger partial charge on any atom is 0.225 e. The second kappa shape index (κ2) is 11.1. The summed E-state index contributed by atoms with van der Waals surface area (Å²) in [5.74, 6) is -5.22. The van der Waals surface area contributed by atoms with Gasteiger partial charge < -0.3 is 15.5 Å². The van der Waals surface area contributed by atoms with Crippen molar-refractivity contribution in [2.45, 2.75) is 51.1 Å². The molecule has 0 radical (unpaired) electrons. The Bertz CT molecular complexity index is 760. The Kier molecular flexibility index (Phi) is 9.17. The van der Waals surface area contributed by atoms with Crippen molar-refractivity contribution >= 4 is 35.8 Å². The van der Waals surface area contributed by atoms with E-state index in [0.29, 0.717) is 13.1 Å². The van der Waals surface area contributed by atoms with E-state index in [9.17, 15) is 22.4 Å². The van der Waals surface area contributed by atoms with Crippen molar-refractivity contribution in [3.05, 3.63) is 34.9 Å². The van der Waals surface area contributed by atoms with Gasteiger partial charge >= 0.3 is 0 Å². The van der Waals surface area contributed by atoms with Crippen LogP contribution in [-0.4, -0.2) is 42.9 Å². The zero-order valence-electron chi connectivity index (χ0n) is 16.8. The molecule has 0 spiro atoms. The van der Waals surface area contributed by atoms with E-state index >= 15 is 0 Å². The lowest BCUT2D eigenvalue weighted by atomic mass is 9.88. The number of benzene rings is 1. The van der Waals surface area contributed by atoms with Gasteiger partial charge in [0.25, 0.3) is 0 Å². The van der Waals surface area contributed by atoms with Crippen LogP contribution in [0.3, 0.4) is 0 Å². The van der Waals surface area contributed by atoms with Gasteiger partial charge in [-0.3, -0.25) is 9.79 Å². The number of halogens is 5. The molecule has 1 saturated heterocycles. The highest BCUT2D eigenvalue weighted by atomic mass is 127. The summed E-state index contributed by atoms with van der Waals surface area (Å²) in [6, 6.07) is 0.116. The molecule has 1 unspecified atom stereocenters. The second-order valence-corrected chi connectivity index (χ2v) is 7.62. The van der Waals surface area contributed by atoms with Gasteiger partial charge in [-0.1, -0.05) is 19.3 Å². The number of nitrogens with zero attached hydrogens (tertiary/aromatic N) is 2. The Morgan fingerprint density at radius 1 is 1.10 bits per heavy atom. The largest absolute Gasteiger partial charge is 0.352 e. The predicted molar refractivity (Wildman–Crippen MR) is 117 cm³/mol. The third kappa shape index (κ3) is 5.76. The van der Waals surface area contributed by atoms with Crippen molar-refractivity contribution in [3.63, 3.8) is 0 Å². The number of guanidine groups is 1. The van der Waals surface area contributed by atoms with Gasteiger partial charge in [-0.2, -0.15) is 0 Å². The molecule has 2 N–H and O–H groups in total. The van der Waals surface area contributed by atoms with Crippen molar-refractivity contribution in [1.29, 1.82) is 0 Å². The highest BCUT2D eigenvalue weighted by Gasteiger charge is 2.32. The molecule has 1 heterocycles. The van der Waals surface area contributed by atoms with E-state index in [-0.39, 0.29) is 53.9 Å². The Hall–Kier alpha value is -1.59. The number of rotatable bonds is 4. The Labute approximate surface area is 190 Å². The maximum atomic E-state index is 13.8. The minimum Gasteiger partial charge on any atom is -0.352 e. The lowest BCUT2D eigenvalue weighted by Gasteiger charge is -2.26. The van der Waals surface area contributed by atoms with Crippen molar-refractivity contribution < 1.29 is 22.4 Å². The standard InChI is InChI=1S/C20H26F4N4O.HI/c1-25-20(26-10-14-17(23)15(21)9-16(22)18(14)24)27-13-7-8-28(11-13)19(29)12-5-3-2-4-6-12;/h9,12-13H,2-8,10-11H2,1H3,(H2,25,26,27);1H. The number of carbonyl (C=O) groups excluding carboxylic acids is 1. The first-order valence-corrected chi connectivity index (χ1v) is 9.98. The lowest BCUT2D eigenvalue weighted by molar-refractivity contribution is -0.135. The first-order chi connectivity index (χ1) is 13.9. The summed E-state index contributed by atoms with van der Waals surface area (Å²) in [4.78, 5) is 18.5. The average molecular weight is 542 g/mol. The molecule has 5 nitrogen and oxygen atoms in total. The quantitative estimate of drug-likeness (QED) is 0.201. The minimum absolute atomic E-state index is 0. The van der Waals surface area contributed by atoms with Gasteiger partial charge in [0.1, 0.15) is 0 Å². The van der Waals surface area contributed by atoms with Gasteiger partial charge in [0.15, 0.2) is 29.2 Å². The van der Waals surface area contributed by atoms with Crippen LogP contribution in [0.25, 0.3) is 0 Å². The van der Waals surface area contributed by atoms with Gasteiger partial charge in [-0.05, 0) is 19.3 Å². The van der Waals surface area contributed by atoms with E-state index in [0.717, 1.165) is 32.1 Å². The minimum atomic E-state index is -1.45. The molecule has 168 valence electrons. The summed E-state index contributed by atoms with van der Waals surface area (Å²) in [6.45, 7) is 0.694. The van der Waals surface area contributed by atoms with E-state index in [1.165, 1.54) is 13.5 Å². The van der Waals surface area contributed by atoms with Gasteiger partial charge in [-0.15, -0.1) is 24.0 Å². The Morgan fingerprint density at radius 2 is 1.73 bits per heavy atom. The Morgan fingerprint density at radius 3 is 2.33 bits per heavy atom. The van der Waals surface area contributed by atoms with Gasteiger partial charge in [0.05, 0.1) is 0 Å². The molecular weight excluding hydrogens is 515 g/mol. The van der Waals surface area contributed by atoms with E-state index < -0.39 is 35.4 Å². The predicted octanol–water partition coefficient (Wildman–Crippen LogP) is 3.71. The fourth-order valence-electron chi connectivity index (χ4n) is 4.02. The van der Waals surface area contributed by atoms with E-state index in [1.54, 1.807) is 0 Å². The number of amides is 1. The van der Waals surface area contributed by atoms with Crippen molar-refractivity contribution in [1.82, 2.24) is 15.5 Å². The van der Waals surface area contributed by atoms with E-state index in [2.05, 4.69) is 15.6 Å². The maximum absolute atomic E-state index is 13.8. The van der Waals surface area contributed by atoms with Crippen LogP contribution in [0.1, 0.15) is 44.1 Å². The molecule has 10 heteroatoms. The van der Waals surface area contributed by atoms with Crippen LogP contribution in [0.15, 0.2) is 11.1 Å². The number of likely N-dealkylation sites (tertiary alicyclic amines) is 1. The molecule has 0 bridgehead atoms. The first-order valence-electron chi connectivity index (χ1n) is 9.98. The topological polar surface area (TPSA) is 56.7 Å². The third-order valence-corrected chi connectivity index (χ3v) is 5.65. The summed E-state index contributed by atoms with van der Waals surface area (Å²) in [7, 11) is 1.48. The van der Waals surface area contributed by atoms with E-state index in [4.69, 9.17) is 0 Å². The fraction of sp³-hybridized carbons (Fsp3) is 0.600. The average Bonchev–Trinajstić information content (AvgIpc) is 3.20. The molecule has 2 fully saturated rings. The summed E-state index contributed by atoms with van der Waals surface area (Å²) in [5.41, 5.74) is -0.731. The molecule has 2 aliphatic rings. The summed E-state index contributed by atoms with van der Waals surface area (Å²) < 4.78 is 54.3. The van der Waals surface area contributed by atoms with E-state index in [1.807, 2.05) is 4.90 Å². The van der Waals surface area contributed by atoms with Crippen molar-refractivity contribution in [2.24, 2.45) is 10.9 Å². The highest BCUT2D eigenvalue weighted by molar-refractivity contribution is 14.0. The van der Waals surface area contributed by atoms with Crippen LogP contribution in [0.5, 0.6) is 0 Å². The number of carbonyl (C=O) groups is 1. The van der Waals surface area contributed by atoms with Crippen LogP contribution >= 0.6 is 24.0 Å². The molecule has 1 aliphatic heterocycles. The van der Waals surface area contributed by atoms with Crippen LogP contribution in [0, 0.1) is 29.2 Å². The molecule has 1 atom stereocenters. The third-order valence-electron chi connectivity index (χ3n) is 5.65. The monoisotopic (exact) mass is 542 g/mol. The Balaban J connectivity index is 0.00000320. The molecule has 1 saturated carbocycles. The zero-order valence-corrected chi connectivity index (χ0v) is 19.1. The van der Waals surface area contributed by atoms with Crippen molar-refractivity contribution in [3.8, 4) is 0 Å².